The Bertz CT molecular complexity index is 779. The summed E-state index contributed by atoms with van der Waals surface area (Å²) < 4.78 is 31.5. The molecule has 3 N–H and O–H groups in total. The summed E-state index contributed by atoms with van der Waals surface area (Å²) in [5.41, 5.74) is 6.35. The van der Waals surface area contributed by atoms with E-state index in [1.54, 1.807) is 0 Å². The van der Waals surface area contributed by atoms with Crippen LogP contribution in [0.5, 0.6) is 0 Å². The Morgan fingerprint density at radius 1 is 0.727 bits per heavy atom. The van der Waals surface area contributed by atoms with Crippen molar-refractivity contribution in [2.75, 3.05) is 0 Å². The van der Waals surface area contributed by atoms with Gasteiger partial charge >= 0.3 is 0 Å². The molecule has 44 heavy (non-hydrogen) atoms. The second kappa shape index (κ2) is 22.1. The number of amides is 1. The third-order valence-electron chi connectivity index (χ3n) is 9.93. The first-order valence-electron chi connectivity index (χ1n) is 18.5. The van der Waals surface area contributed by atoms with Crippen LogP contribution in [0.25, 0.3) is 0 Å². The van der Waals surface area contributed by atoms with Gasteiger partial charge in [0.25, 0.3) is 5.91 Å². The van der Waals surface area contributed by atoms with E-state index in [2.05, 4.69) is 31.6 Å². The number of carbonyl (C=O) groups excluding carboxylic acids is 1. The first-order valence-corrected chi connectivity index (χ1v) is 19.6. The Kier molecular flexibility index (Phi) is 19.0. The quantitative estimate of drug-likeness (QED) is 0.0889. The molecule has 3 aliphatic rings. The van der Waals surface area contributed by atoms with E-state index in [4.69, 9.17) is 13.7 Å². The maximum Gasteiger partial charge on any atom is 0.263 e. The number of ether oxygens (including phenoxy) is 2. The SMILES string of the molecule is CCCCCCCCCCC(OC1CCC(S(=O)OC2CCC(O)CC2)CC1)C(=O)NNC1CCC(OC(C)CCC)CC1. The molecule has 3 saturated carbocycles. The van der Waals surface area contributed by atoms with Gasteiger partial charge in [-0.3, -0.25) is 14.4 Å². The molecule has 8 nitrogen and oxygen atoms in total. The van der Waals surface area contributed by atoms with Gasteiger partial charge in [-0.25, -0.2) is 9.63 Å². The number of carbonyl (C=O) groups is 1. The average molecular weight is 643 g/mol. The van der Waals surface area contributed by atoms with Gasteiger partial charge < -0.3 is 14.6 Å². The van der Waals surface area contributed by atoms with Crippen LogP contribution < -0.4 is 10.9 Å². The lowest BCUT2D eigenvalue weighted by molar-refractivity contribution is -0.140. The summed E-state index contributed by atoms with van der Waals surface area (Å²) in [6.45, 7) is 6.62. The highest BCUT2D eigenvalue weighted by atomic mass is 32.2. The van der Waals surface area contributed by atoms with Crippen LogP contribution in [0.4, 0.5) is 0 Å². The molecular weight excluding hydrogens is 576 g/mol. The summed E-state index contributed by atoms with van der Waals surface area (Å²) in [7, 11) is 0. The van der Waals surface area contributed by atoms with Crippen LogP contribution in [0.2, 0.25) is 0 Å². The van der Waals surface area contributed by atoms with E-state index in [1.807, 2.05) is 0 Å². The molecule has 0 saturated heterocycles. The van der Waals surface area contributed by atoms with Crippen LogP contribution in [-0.4, -0.2) is 63.1 Å². The van der Waals surface area contributed by atoms with Crippen molar-refractivity contribution < 1.29 is 27.8 Å². The molecule has 0 heterocycles. The van der Waals surface area contributed by atoms with E-state index in [1.165, 1.54) is 38.5 Å². The van der Waals surface area contributed by atoms with Gasteiger partial charge in [-0.05, 0) is 96.8 Å². The minimum Gasteiger partial charge on any atom is -0.393 e. The summed E-state index contributed by atoms with van der Waals surface area (Å²) in [5, 5.41) is 9.76. The highest BCUT2D eigenvalue weighted by Gasteiger charge is 2.32. The molecule has 0 aromatic carbocycles. The standard InChI is InChI=1S/C35H66N2O6S/c1-4-6-7-8-9-10-11-12-14-34(35(39)37-36-28-15-19-30(20-16-28)41-27(3)13-5-2)42-31-23-25-33(26-24-31)44(40)43-32-21-17-29(38)18-22-32/h27-34,36,38H,4-26H2,1-3H3,(H,37,39). The predicted molar refractivity (Wildman–Crippen MR) is 178 cm³/mol. The lowest BCUT2D eigenvalue weighted by Crippen LogP contribution is -2.51. The number of rotatable bonds is 21. The Morgan fingerprint density at radius 3 is 1.93 bits per heavy atom. The normalized spacial score (nSPS) is 30.0. The van der Waals surface area contributed by atoms with Gasteiger partial charge in [0.2, 0.25) is 0 Å². The summed E-state index contributed by atoms with van der Waals surface area (Å²) in [6.07, 6.45) is 23.0. The molecule has 3 rings (SSSR count). The van der Waals surface area contributed by atoms with Crippen LogP contribution in [0, 0.1) is 0 Å². The lowest BCUT2D eigenvalue weighted by Gasteiger charge is -2.33. The monoisotopic (exact) mass is 642 g/mol. The predicted octanol–water partition coefficient (Wildman–Crippen LogP) is 7.33. The smallest absolute Gasteiger partial charge is 0.263 e. The van der Waals surface area contributed by atoms with E-state index in [9.17, 15) is 14.1 Å². The van der Waals surface area contributed by atoms with Gasteiger partial charge in [0.15, 0.2) is 11.1 Å². The number of aliphatic hydroxyl groups excluding tert-OH is 1. The van der Waals surface area contributed by atoms with E-state index in [0.717, 1.165) is 109 Å². The van der Waals surface area contributed by atoms with E-state index >= 15 is 0 Å². The van der Waals surface area contributed by atoms with Crippen molar-refractivity contribution in [2.45, 2.75) is 216 Å². The summed E-state index contributed by atoms with van der Waals surface area (Å²) in [4.78, 5) is 13.4. The van der Waals surface area contributed by atoms with Gasteiger partial charge in [0.1, 0.15) is 6.10 Å². The van der Waals surface area contributed by atoms with Crippen LogP contribution in [0.15, 0.2) is 0 Å². The minimum atomic E-state index is -1.31. The molecule has 0 bridgehead atoms. The van der Waals surface area contributed by atoms with Gasteiger partial charge in [-0.2, -0.15) is 0 Å². The molecule has 3 fully saturated rings. The molecule has 0 radical (unpaired) electrons. The first kappa shape index (κ1) is 37.9. The van der Waals surface area contributed by atoms with E-state index < -0.39 is 17.2 Å². The molecule has 0 aromatic rings. The molecule has 9 heteroatoms. The maximum absolute atomic E-state index is 13.4. The van der Waals surface area contributed by atoms with Crippen molar-refractivity contribution in [1.82, 2.24) is 10.9 Å². The second-order valence-electron chi connectivity index (χ2n) is 13.9. The van der Waals surface area contributed by atoms with Gasteiger partial charge in [0, 0.05) is 6.04 Å². The largest absolute Gasteiger partial charge is 0.393 e. The Hall–Kier alpha value is -0.580. The van der Waals surface area contributed by atoms with Crippen molar-refractivity contribution in [1.29, 1.82) is 0 Å². The number of hydrogen-bond acceptors (Lipinski definition) is 7. The summed E-state index contributed by atoms with van der Waals surface area (Å²) >= 11 is -1.31. The zero-order valence-electron chi connectivity index (χ0n) is 28.3. The zero-order chi connectivity index (χ0) is 31.6. The number of hydrazine groups is 1. The van der Waals surface area contributed by atoms with Crippen LogP contribution in [0.1, 0.15) is 168 Å². The van der Waals surface area contributed by atoms with Crippen LogP contribution in [-0.2, 0) is 29.5 Å². The van der Waals surface area contributed by atoms with Crippen LogP contribution in [0.3, 0.4) is 0 Å². The molecule has 258 valence electrons. The third-order valence-corrected chi connectivity index (χ3v) is 11.4. The molecule has 3 aliphatic carbocycles. The van der Waals surface area contributed by atoms with Crippen LogP contribution >= 0.6 is 0 Å². The van der Waals surface area contributed by atoms with Gasteiger partial charge in [0.05, 0.1) is 35.8 Å². The Balaban J connectivity index is 1.41. The summed E-state index contributed by atoms with van der Waals surface area (Å²) in [5.74, 6) is -0.0589. The number of hydrogen-bond donors (Lipinski definition) is 3. The maximum atomic E-state index is 13.4. The highest BCUT2D eigenvalue weighted by molar-refractivity contribution is 7.80. The molecule has 0 aromatic heterocycles. The van der Waals surface area contributed by atoms with E-state index in [-0.39, 0.29) is 35.5 Å². The molecular formula is C35H66N2O6S. The molecule has 3 atom stereocenters. The van der Waals surface area contributed by atoms with Crippen molar-refractivity contribution in [2.24, 2.45) is 0 Å². The van der Waals surface area contributed by atoms with E-state index in [0.29, 0.717) is 12.2 Å². The highest BCUT2D eigenvalue weighted by Crippen LogP contribution is 2.30. The zero-order valence-corrected chi connectivity index (χ0v) is 29.1. The lowest BCUT2D eigenvalue weighted by atomic mass is 9.93. The van der Waals surface area contributed by atoms with Crippen molar-refractivity contribution >= 4 is 17.0 Å². The fourth-order valence-electron chi connectivity index (χ4n) is 7.07. The summed E-state index contributed by atoms with van der Waals surface area (Å²) in [6, 6.07) is 0.266. The molecule has 1 amide bonds. The average Bonchev–Trinajstić information content (AvgIpc) is 3.02. The fraction of sp³-hybridized carbons (Fsp3) is 0.971. The first-order chi connectivity index (χ1) is 21.4. The van der Waals surface area contributed by atoms with Crippen molar-refractivity contribution in [3.63, 3.8) is 0 Å². The van der Waals surface area contributed by atoms with Gasteiger partial charge in [-0.1, -0.05) is 71.6 Å². The minimum absolute atomic E-state index is 0.00683. The van der Waals surface area contributed by atoms with Gasteiger partial charge in [-0.15, -0.1) is 0 Å². The third kappa shape index (κ3) is 14.9. The number of unbranched alkanes of at least 4 members (excludes halogenated alkanes) is 7. The second-order valence-corrected chi connectivity index (χ2v) is 15.3. The molecule has 3 unspecified atom stereocenters. The Morgan fingerprint density at radius 2 is 1.30 bits per heavy atom. The Labute approximate surface area is 271 Å². The van der Waals surface area contributed by atoms with Crippen molar-refractivity contribution in [3.8, 4) is 0 Å². The molecule has 0 aliphatic heterocycles. The number of nitrogens with one attached hydrogen (secondary N) is 2. The topological polar surface area (TPSA) is 106 Å². The number of aliphatic hydroxyl groups is 1. The fourth-order valence-corrected chi connectivity index (χ4v) is 8.35. The van der Waals surface area contributed by atoms with Crippen molar-refractivity contribution in [3.05, 3.63) is 0 Å². The molecule has 0 spiro atoms.